The molecule has 0 heterocycles. The van der Waals surface area contributed by atoms with Crippen LogP contribution in [-0.2, 0) is 26.2 Å². The number of benzene rings is 3. The molecule has 0 spiro atoms. The molecule has 188 valence electrons. The molecule has 0 saturated heterocycles. The molecule has 0 aromatic heterocycles. The molecule has 0 aliphatic rings. The Kier molecular flexibility index (Phi) is 7.87. The van der Waals surface area contributed by atoms with Crippen molar-refractivity contribution in [2.45, 2.75) is 17.5 Å². The maximum Gasteiger partial charge on any atom is 0.416 e. The second-order valence-electron chi connectivity index (χ2n) is 7.40. The molecular weight excluding hydrogens is 529 g/mol. The van der Waals surface area contributed by atoms with E-state index < -0.39 is 37.5 Å². The number of anilines is 2. The van der Waals surface area contributed by atoms with Gasteiger partial charge in [0.1, 0.15) is 5.75 Å². The van der Waals surface area contributed by atoms with Gasteiger partial charge in [0, 0.05) is 5.88 Å². The zero-order chi connectivity index (χ0) is 25.9. The SMILES string of the molecule is O=S(=O)(CCCCl)Nc1cc(NS(=O)(=O)c2ccc(-c3ccc(C(F)(F)F)cc3)cc2)ccc1O. The summed E-state index contributed by atoms with van der Waals surface area (Å²) in [5, 5.41) is 9.95. The number of alkyl halides is 4. The third-order valence-corrected chi connectivity index (χ3v) is 7.79. The Balaban J connectivity index is 1.78. The van der Waals surface area contributed by atoms with Crippen molar-refractivity contribution in [1.29, 1.82) is 0 Å². The van der Waals surface area contributed by atoms with Gasteiger partial charge in [0.25, 0.3) is 10.0 Å². The van der Waals surface area contributed by atoms with E-state index in [0.29, 0.717) is 11.1 Å². The predicted molar refractivity (Wildman–Crippen MR) is 129 cm³/mol. The normalized spacial score (nSPS) is 12.3. The fraction of sp³-hybridized carbons (Fsp3) is 0.182. The molecule has 0 fully saturated rings. The predicted octanol–water partition coefficient (Wildman–Crippen LogP) is 5.25. The number of hydrogen-bond donors (Lipinski definition) is 3. The number of halogens is 4. The van der Waals surface area contributed by atoms with Crippen LogP contribution in [-0.4, -0.2) is 33.6 Å². The van der Waals surface area contributed by atoms with Crippen molar-refractivity contribution in [3.05, 3.63) is 72.3 Å². The fourth-order valence-electron chi connectivity index (χ4n) is 3.04. The highest BCUT2D eigenvalue weighted by molar-refractivity contribution is 7.93. The van der Waals surface area contributed by atoms with Gasteiger partial charge in [-0.2, -0.15) is 13.2 Å². The van der Waals surface area contributed by atoms with E-state index in [0.717, 1.165) is 24.3 Å². The summed E-state index contributed by atoms with van der Waals surface area (Å²) in [5.74, 6) is -0.551. The number of sulfonamides is 2. The molecule has 3 N–H and O–H groups in total. The van der Waals surface area contributed by atoms with E-state index in [1.807, 2.05) is 0 Å². The van der Waals surface area contributed by atoms with E-state index in [1.165, 1.54) is 42.5 Å². The van der Waals surface area contributed by atoms with Crippen LogP contribution in [0.25, 0.3) is 11.1 Å². The Morgan fingerprint density at radius 3 is 1.94 bits per heavy atom. The molecule has 0 aliphatic carbocycles. The van der Waals surface area contributed by atoms with Gasteiger partial charge in [0.15, 0.2) is 0 Å². The minimum absolute atomic E-state index is 0.00957. The molecular formula is C22H20ClF3N2O5S2. The lowest BCUT2D eigenvalue weighted by molar-refractivity contribution is -0.137. The van der Waals surface area contributed by atoms with Gasteiger partial charge < -0.3 is 5.11 Å². The summed E-state index contributed by atoms with van der Waals surface area (Å²) < 4.78 is 92.4. The van der Waals surface area contributed by atoms with E-state index in [9.17, 15) is 35.1 Å². The van der Waals surface area contributed by atoms with E-state index >= 15 is 0 Å². The first-order chi connectivity index (χ1) is 16.3. The summed E-state index contributed by atoms with van der Waals surface area (Å²) in [4.78, 5) is -0.134. The van der Waals surface area contributed by atoms with Crippen LogP contribution in [0.4, 0.5) is 24.5 Å². The average Bonchev–Trinajstić information content (AvgIpc) is 2.79. The number of hydrogen-bond acceptors (Lipinski definition) is 5. The minimum Gasteiger partial charge on any atom is -0.506 e. The lowest BCUT2D eigenvalue weighted by Gasteiger charge is -2.13. The van der Waals surface area contributed by atoms with Crippen molar-refractivity contribution in [3.63, 3.8) is 0 Å². The Labute approximate surface area is 205 Å². The zero-order valence-corrected chi connectivity index (χ0v) is 20.3. The van der Waals surface area contributed by atoms with Gasteiger partial charge in [-0.1, -0.05) is 24.3 Å². The maximum atomic E-state index is 12.8. The van der Waals surface area contributed by atoms with Crippen LogP contribution in [0, 0.1) is 0 Å². The molecule has 0 atom stereocenters. The van der Waals surface area contributed by atoms with Gasteiger partial charge in [-0.3, -0.25) is 9.44 Å². The largest absolute Gasteiger partial charge is 0.506 e. The highest BCUT2D eigenvalue weighted by atomic mass is 35.5. The van der Waals surface area contributed by atoms with Gasteiger partial charge in [-0.05, 0) is 60.0 Å². The van der Waals surface area contributed by atoms with Crippen LogP contribution in [0.2, 0.25) is 0 Å². The molecule has 0 aliphatic heterocycles. The standard InChI is InChI=1S/C22H20ClF3N2O5S2/c23-12-1-13-34(30,31)28-20-14-18(8-11-21(20)29)27-35(32,33)19-9-4-16(5-10-19)15-2-6-17(7-3-15)22(24,25)26/h2-11,14,27-29H,1,12-13H2. The lowest BCUT2D eigenvalue weighted by Crippen LogP contribution is -2.17. The molecule has 0 unspecified atom stereocenters. The van der Waals surface area contributed by atoms with Crippen molar-refractivity contribution in [1.82, 2.24) is 0 Å². The summed E-state index contributed by atoms with van der Waals surface area (Å²) in [6.07, 6.45) is -4.27. The van der Waals surface area contributed by atoms with Gasteiger partial charge in [0.05, 0.1) is 27.6 Å². The molecule has 3 aromatic rings. The Morgan fingerprint density at radius 2 is 1.40 bits per heavy atom. The zero-order valence-electron chi connectivity index (χ0n) is 17.9. The van der Waals surface area contributed by atoms with Crippen LogP contribution >= 0.6 is 11.6 Å². The smallest absolute Gasteiger partial charge is 0.416 e. The van der Waals surface area contributed by atoms with Gasteiger partial charge >= 0.3 is 6.18 Å². The number of nitrogens with one attached hydrogen (secondary N) is 2. The number of phenolic OH excluding ortho intramolecular Hbond substituents is 1. The van der Waals surface area contributed by atoms with E-state index in [1.54, 1.807) is 0 Å². The molecule has 0 bridgehead atoms. The van der Waals surface area contributed by atoms with Crippen LogP contribution in [0.15, 0.2) is 71.6 Å². The van der Waals surface area contributed by atoms with Crippen molar-refractivity contribution in [3.8, 4) is 16.9 Å². The van der Waals surface area contributed by atoms with E-state index in [4.69, 9.17) is 11.6 Å². The number of phenols is 1. The third-order valence-electron chi connectivity index (χ3n) is 4.77. The van der Waals surface area contributed by atoms with Gasteiger partial charge in [-0.25, -0.2) is 16.8 Å². The highest BCUT2D eigenvalue weighted by Gasteiger charge is 2.30. The third kappa shape index (κ3) is 7.03. The number of rotatable bonds is 9. The molecule has 35 heavy (non-hydrogen) atoms. The van der Waals surface area contributed by atoms with Crippen molar-refractivity contribution in [2.24, 2.45) is 0 Å². The van der Waals surface area contributed by atoms with Crippen LogP contribution < -0.4 is 9.44 Å². The van der Waals surface area contributed by atoms with Crippen LogP contribution in [0.5, 0.6) is 5.75 Å². The molecule has 3 rings (SSSR count). The van der Waals surface area contributed by atoms with Gasteiger partial charge in [0.2, 0.25) is 10.0 Å². The summed E-state index contributed by atoms with van der Waals surface area (Å²) >= 11 is 5.51. The molecule has 0 radical (unpaired) electrons. The monoisotopic (exact) mass is 548 g/mol. The van der Waals surface area contributed by atoms with Crippen molar-refractivity contribution >= 4 is 43.0 Å². The Hall–Kier alpha value is -2.96. The summed E-state index contributed by atoms with van der Waals surface area (Å²) in [5.41, 5.74) is -0.0307. The van der Waals surface area contributed by atoms with E-state index in [-0.39, 0.29) is 34.3 Å². The molecule has 3 aromatic carbocycles. The first kappa shape index (κ1) is 26.6. The van der Waals surface area contributed by atoms with Gasteiger partial charge in [-0.15, -0.1) is 11.6 Å². The Bertz CT molecular complexity index is 1390. The van der Waals surface area contributed by atoms with Crippen molar-refractivity contribution < 1.29 is 35.1 Å². The summed E-state index contributed by atoms with van der Waals surface area (Å²) in [6.45, 7) is 0. The first-order valence-corrected chi connectivity index (χ1v) is 13.7. The molecule has 7 nitrogen and oxygen atoms in total. The topological polar surface area (TPSA) is 113 Å². The maximum absolute atomic E-state index is 12.8. The average molecular weight is 549 g/mol. The second kappa shape index (κ2) is 10.3. The molecule has 13 heteroatoms. The summed E-state index contributed by atoms with van der Waals surface area (Å²) in [7, 11) is -7.91. The van der Waals surface area contributed by atoms with Crippen LogP contribution in [0.1, 0.15) is 12.0 Å². The summed E-state index contributed by atoms with van der Waals surface area (Å²) in [6, 6.07) is 13.4. The Morgan fingerprint density at radius 1 is 0.829 bits per heavy atom. The quantitative estimate of drug-likeness (QED) is 0.192. The number of aromatic hydroxyl groups is 1. The molecule has 0 saturated carbocycles. The highest BCUT2D eigenvalue weighted by Crippen LogP contribution is 2.32. The van der Waals surface area contributed by atoms with E-state index in [2.05, 4.69) is 9.44 Å². The second-order valence-corrected chi connectivity index (χ2v) is 11.3. The fourth-order valence-corrected chi connectivity index (χ4v) is 5.50. The van der Waals surface area contributed by atoms with Crippen LogP contribution in [0.3, 0.4) is 0 Å². The minimum atomic E-state index is -4.46. The molecule has 0 amide bonds. The first-order valence-electron chi connectivity index (χ1n) is 10.0. The van der Waals surface area contributed by atoms with Crippen molar-refractivity contribution in [2.75, 3.05) is 21.1 Å². The lowest BCUT2D eigenvalue weighted by atomic mass is 10.0.